The number of carbonyl (C=O) groups excluding carboxylic acids is 2. The van der Waals surface area contributed by atoms with Crippen LogP contribution in [0.4, 0.5) is 0 Å². The Morgan fingerprint density at radius 3 is 2.23 bits per heavy atom. The van der Waals surface area contributed by atoms with Crippen LogP contribution in [-0.2, 0) is 20.9 Å². The number of hydrogen-bond acceptors (Lipinski definition) is 4. The number of amides is 1. The summed E-state index contributed by atoms with van der Waals surface area (Å²) in [6.07, 6.45) is 2.37. The first kappa shape index (κ1) is 21.6. The van der Waals surface area contributed by atoms with Gasteiger partial charge in [-0.2, -0.15) is 0 Å². The molecule has 1 saturated heterocycles. The van der Waals surface area contributed by atoms with Crippen LogP contribution in [-0.4, -0.2) is 54.5 Å². The van der Waals surface area contributed by atoms with E-state index in [2.05, 4.69) is 41.3 Å². The molecule has 1 amide bonds. The fourth-order valence-corrected chi connectivity index (χ4v) is 5.00. The summed E-state index contributed by atoms with van der Waals surface area (Å²) in [6.45, 7) is 4.59. The molecule has 1 aliphatic carbocycles. The predicted molar refractivity (Wildman–Crippen MR) is 120 cm³/mol. The van der Waals surface area contributed by atoms with Crippen LogP contribution in [0, 0.1) is 5.41 Å². The van der Waals surface area contributed by atoms with E-state index in [1.807, 2.05) is 29.2 Å². The monoisotopic (exact) mass is 420 g/mol. The van der Waals surface area contributed by atoms with Gasteiger partial charge in [0.05, 0.1) is 12.5 Å². The number of methoxy groups -OCH3 is 1. The van der Waals surface area contributed by atoms with E-state index in [4.69, 9.17) is 4.74 Å². The van der Waals surface area contributed by atoms with Crippen LogP contribution in [0.5, 0.6) is 0 Å². The zero-order valence-electron chi connectivity index (χ0n) is 18.5. The van der Waals surface area contributed by atoms with Gasteiger partial charge in [0.1, 0.15) is 0 Å². The van der Waals surface area contributed by atoms with Gasteiger partial charge in [-0.3, -0.25) is 14.5 Å². The van der Waals surface area contributed by atoms with Crippen molar-refractivity contribution in [1.29, 1.82) is 0 Å². The molecule has 0 unspecified atom stereocenters. The number of piperidine rings is 1. The first-order chi connectivity index (χ1) is 15.0. The largest absolute Gasteiger partial charge is 0.469 e. The molecule has 2 aromatic rings. The molecule has 0 N–H and O–H groups in total. The second-order valence-electron chi connectivity index (χ2n) is 9.00. The van der Waals surface area contributed by atoms with E-state index >= 15 is 0 Å². The first-order valence-electron chi connectivity index (χ1n) is 11.2. The van der Waals surface area contributed by atoms with Gasteiger partial charge in [-0.1, -0.05) is 60.7 Å². The van der Waals surface area contributed by atoms with Crippen molar-refractivity contribution >= 4 is 11.9 Å². The van der Waals surface area contributed by atoms with Crippen LogP contribution in [0.1, 0.15) is 43.2 Å². The molecule has 2 fully saturated rings. The number of rotatable bonds is 7. The number of carbonyl (C=O) groups is 2. The van der Waals surface area contributed by atoms with Gasteiger partial charge >= 0.3 is 5.97 Å². The zero-order valence-corrected chi connectivity index (χ0v) is 18.5. The minimum atomic E-state index is -0.628. The average Bonchev–Trinajstić information content (AvgIpc) is 3.60. The lowest BCUT2D eigenvalue weighted by Crippen LogP contribution is -2.52. The van der Waals surface area contributed by atoms with Crippen molar-refractivity contribution in [2.45, 2.75) is 44.7 Å². The third-order valence-corrected chi connectivity index (χ3v) is 6.94. The summed E-state index contributed by atoms with van der Waals surface area (Å²) < 4.78 is 5.24. The summed E-state index contributed by atoms with van der Waals surface area (Å²) in [5.41, 5.74) is 1.92. The molecule has 4 rings (SSSR count). The van der Waals surface area contributed by atoms with E-state index in [-0.39, 0.29) is 17.9 Å². The van der Waals surface area contributed by atoms with Gasteiger partial charge in [0.15, 0.2) is 0 Å². The van der Waals surface area contributed by atoms with Crippen LogP contribution < -0.4 is 0 Å². The fourth-order valence-electron chi connectivity index (χ4n) is 5.00. The second kappa shape index (κ2) is 9.23. The molecule has 1 heterocycles. The molecule has 2 aliphatic rings. The highest BCUT2D eigenvalue weighted by Crippen LogP contribution is 2.46. The summed E-state index contributed by atoms with van der Waals surface area (Å²) in [6, 6.07) is 20.9. The summed E-state index contributed by atoms with van der Waals surface area (Å²) in [5, 5.41) is 0. The highest BCUT2D eigenvalue weighted by atomic mass is 16.5. The topological polar surface area (TPSA) is 49.9 Å². The summed E-state index contributed by atoms with van der Waals surface area (Å²) in [4.78, 5) is 29.8. The van der Waals surface area contributed by atoms with Crippen molar-refractivity contribution in [2.24, 2.45) is 5.41 Å². The van der Waals surface area contributed by atoms with Crippen LogP contribution in [0.3, 0.4) is 0 Å². The minimum absolute atomic E-state index is 0.0402. The van der Waals surface area contributed by atoms with Gasteiger partial charge in [-0.25, -0.2) is 0 Å². The van der Waals surface area contributed by atoms with E-state index in [9.17, 15) is 9.59 Å². The van der Waals surface area contributed by atoms with Crippen molar-refractivity contribution in [3.8, 4) is 0 Å². The van der Waals surface area contributed by atoms with Gasteiger partial charge in [-0.15, -0.1) is 0 Å². The Labute approximate surface area is 185 Å². The van der Waals surface area contributed by atoms with Crippen LogP contribution in [0.25, 0.3) is 0 Å². The Morgan fingerprint density at radius 2 is 1.65 bits per heavy atom. The van der Waals surface area contributed by atoms with Crippen molar-refractivity contribution in [3.05, 3.63) is 71.8 Å². The second-order valence-corrected chi connectivity index (χ2v) is 9.00. The number of esters is 1. The molecule has 0 spiro atoms. The standard InChI is InChI=1S/C26H32N2O3/c1-20(29)28(24-17-23(24)22-11-7-4-8-12-22)19-26(25(30)31-2)13-15-27(16-14-26)18-21-9-5-3-6-10-21/h3-12,23-24H,13-19H2,1-2H3/t23-,24+/m1/s1. The van der Waals surface area contributed by atoms with Crippen LogP contribution in [0.2, 0.25) is 0 Å². The number of hydrogen-bond donors (Lipinski definition) is 0. The summed E-state index contributed by atoms with van der Waals surface area (Å²) >= 11 is 0. The molecular formula is C26H32N2O3. The fraction of sp³-hybridized carbons (Fsp3) is 0.462. The molecule has 31 heavy (non-hydrogen) atoms. The molecule has 2 aromatic carbocycles. The Balaban J connectivity index is 1.45. The van der Waals surface area contributed by atoms with Gasteiger partial charge in [0, 0.05) is 32.0 Å². The minimum Gasteiger partial charge on any atom is -0.469 e. The smallest absolute Gasteiger partial charge is 0.313 e. The predicted octanol–water partition coefficient (Wildman–Crippen LogP) is 3.85. The third kappa shape index (κ3) is 4.82. The van der Waals surface area contributed by atoms with Crippen LogP contribution in [0.15, 0.2) is 60.7 Å². The lowest BCUT2D eigenvalue weighted by atomic mass is 9.77. The Hall–Kier alpha value is -2.66. The first-order valence-corrected chi connectivity index (χ1v) is 11.2. The van der Waals surface area contributed by atoms with Crippen molar-refractivity contribution in [1.82, 2.24) is 9.80 Å². The number of benzene rings is 2. The van der Waals surface area contributed by atoms with Gasteiger partial charge in [0.25, 0.3) is 0 Å². The van der Waals surface area contributed by atoms with Gasteiger partial charge in [0.2, 0.25) is 5.91 Å². The molecule has 0 aromatic heterocycles. The maximum absolute atomic E-state index is 12.9. The number of nitrogens with zero attached hydrogens (tertiary/aromatic N) is 2. The average molecular weight is 421 g/mol. The molecule has 1 saturated carbocycles. The molecule has 164 valence electrons. The highest BCUT2D eigenvalue weighted by molar-refractivity contribution is 5.80. The maximum atomic E-state index is 12.9. The molecule has 0 bridgehead atoms. The van der Waals surface area contributed by atoms with E-state index in [1.54, 1.807) is 6.92 Å². The van der Waals surface area contributed by atoms with Crippen molar-refractivity contribution in [2.75, 3.05) is 26.7 Å². The van der Waals surface area contributed by atoms with E-state index in [1.165, 1.54) is 18.2 Å². The highest BCUT2D eigenvalue weighted by Gasteiger charge is 2.50. The third-order valence-electron chi connectivity index (χ3n) is 6.94. The van der Waals surface area contributed by atoms with Gasteiger partial charge < -0.3 is 9.64 Å². The molecule has 2 atom stereocenters. The zero-order chi connectivity index (χ0) is 21.8. The lowest BCUT2D eigenvalue weighted by molar-refractivity contribution is -0.159. The van der Waals surface area contributed by atoms with E-state index < -0.39 is 5.41 Å². The quantitative estimate of drug-likeness (QED) is 0.639. The molecular weight excluding hydrogens is 388 g/mol. The van der Waals surface area contributed by atoms with Crippen molar-refractivity contribution < 1.29 is 14.3 Å². The van der Waals surface area contributed by atoms with E-state index in [0.717, 1.165) is 26.1 Å². The Morgan fingerprint density at radius 1 is 1.03 bits per heavy atom. The number of likely N-dealkylation sites (tertiary alicyclic amines) is 1. The Bertz CT molecular complexity index is 891. The SMILES string of the molecule is COC(=O)C1(CN(C(C)=O)[C@H]2C[C@@H]2c2ccccc2)CCN(Cc2ccccc2)CC1. The molecule has 5 nitrogen and oxygen atoms in total. The Kier molecular flexibility index (Phi) is 6.42. The molecule has 5 heteroatoms. The molecule has 1 aliphatic heterocycles. The lowest BCUT2D eigenvalue weighted by Gasteiger charge is -2.42. The summed E-state index contributed by atoms with van der Waals surface area (Å²) in [7, 11) is 1.46. The number of ether oxygens (including phenoxy) is 1. The summed E-state index contributed by atoms with van der Waals surface area (Å²) in [5.74, 6) is 0.214. The maximum Gasteiger partial charge on any atom is 0.313 e. The normalized spacial score (nSPS) is 22.5. The van der Waals surface area contributed by atoms with Gasteiger partial charge in [-0.05, 0) is 43.5 Å². The van der Waals surface area contributed by atoms with E-state index in [0.29, 0.717) is 25.3 Å². The van der Waals surface area contributed by atoms with Crippen molar-refractivity contribution in [3.63, 3.8) is 0 Å². The van der Waals surface area contributed by atoms with Crippen LogP contribution >= 0.6 is 0 Å². The molecule has 0 radical (unpaired) electrons.